The summed E-state index contributed by atoms with van der Waals surface area (Å²) in [7, 11) is 1.49. The zero-order chi connectivity index (χ0) is 22.2. The quantitative estimate of drug-likeness (QED) is 0.577. The van der Waals surface area contributed by atoms with Crippen LogP contribution in [0.15, 0.2) is 48.5 Å². The average Bonchev–Trinajstić information content (AvgIpc) is 3.07. The smallest absolute Gasteiger partial charge is 0.417 e. The van der Waals surface area contributed by atoms with E-state index in [9.17, 15) is 18.3 Å². The number of aliphatic hydroxyl groups is 1. The molecule has 0 fully saturated rings. The van der Waals surface area contributed by atoms with Gasteiger partial charge < -0.3 is 14.8 Å². The van der Waals surface area contributed by atoms with Gasteiger partial charge in [0.2, 0.25) is 0 Å². The number of rotatable bonds is 6. The fraction of sp³-hybridized carbons (Fsp3) is 0.348. The zero-order valence-electron chi connectivity index (χ0n) is 17.0. The molecule has 30 heavy (non-hydrogen) atoms. The van der Waals surface area contributed by atoms with E-state index in [4.69, 9.17) is 10.00 Å². The van der Waals surface area contributed by atoms with Crippen LogP contribution in [0.3, 0.4) is 0 Å². The largest absolute Gasteiger partial charge is 0.497 e. The Balaban J connectivity index is 1.95. The topological polar surface area (TPSA) is 69.0 Å². The summed E-state index contributed by atoms with van der Waals surface area (Å²) in [6, 6.07) is 15.2. The average molecular weight is 416 g/mol. The Morgan fingerprint density at radius 1 is 1.10 bits per heavy atom. The van der Waals surface area contributed by atoms with E-state index in [1.807, 2.05) is 6.07 Å². The molecule has 0 saturated heterocycles. The molecule has 0 aliphatic carbocycles. The number of hydrogen-bond acceptors (Lipinski definition) is 3. The molecule has 3 aromatic rings. The molecule has 2 aromatic carbocycles. The standard InChI is InChI=1S/C23H23F3N2O2/c1-21(2,17-5-4-6-19(11-17)30-3)14-22(29,23(24,25)26)12-18-10-16-9-15(13-27)7-8-20(16)28-18/h4-11,28-29H,12,14H2,1-3H3. The van der Waals surface area contributed by atoms with Crippen molar-refractivity contribution in [2.45, 2.75) is 43.9 Å². The van der Waals surface area contributed by atoms with Gasteiger partial charge in [-0.15, -0.1) is 0 Å². The number of nitrogens with zero attached hydrogens (tertiary/aromatic N) is 1. The Labute approximate surface area is 172 Å². The first kappa shape index (κ1) is 21.7. The van der Waals surface area contributed by atoms with Gasteiger partial charge in [-0.3, -0.25) is 0 Å². The van der Waals surface area contributed by atoms with Gasteiger partial charge in [0.05, 0.1) is 18.7 Å². The highest BCUT2D eigenvalue weighted by Crippen LogP contribution is 2.43. The van der Waals surface area contributed by atoms with Crippen LogP contribution in [-0.4, -0.2) is 29.0 Å². The van der Waals surface area contributed by atoms with Crippen molar-refractivity contribution in [1.82, 2.24) is 4.98 Å². The summed E-state index contributed by atoms with van der Waals surface area (Å²) in [5, 5.41) is 20.5. The predicted octanol–water partition coefficient (Wildman–Crippen LogP) is 5.25. The second kappa shape index (κ2) is 7.69. The monoisotopic (exact) mass is 416 g/mol. The van der Waals surface area contributed by atoms with Crippen molar-refractivity contribution < 1.29 is 23.0 Å². The summed E-state index contributed by atoms with van der Waals surface area (Å²) in [6.07, 6.45) is -5.99. The Morgan fingerprint density at radius 2 is 1.83 bits per heavy atom. The van der Waals surface area contributed by atoms with Gasteiger partial charge in [-0.1, -0.05) is 26.0 Å². The first-order chi connectivity index (χ1) is 14.0. The molecule has 0 amide bonds. The maximum Gasteiger partial charge on any atom is 0.417 e. The number of aromatic amines is 1. The van der Waals surface area contributed by atoms with Crippen LogP contribution in [0.25, 0.3) is 10.9 Å². The number of ether oxygens (including phenoxy) is 1. The third-order valence-corrected chi connectivity index (χ3v) is 5.40. The molecule has 0 aliphatic heterocycles. The first-order valence-electron chi connectivity index (χ1n) is 9.43. The number of halogens is 3. The van der Waals surface area contributed by atoms with Gasteiger partial charge in [-0.2, -0.15) is 18.4 Å². The lowest BCUT2D eigenvalue weighted by Crippen LogP contribution is -2.50. The Bertz CT molecular complexity index is 1100. The van der Waals surface area contributed by atoms with Gasteiger partial charge in [0.1, 0.15) is 5.75 Å². The molecule has 0 bridgehead atoms. The van der Waals surface area contributed by atoms with Crippen molar-refractivity contribution in [2.24, 2.45) is 0 Å². The highest BCUT2D eigenvalue weighted by molar-refractivity contribution is 5.81. The molecule has 0 aliphatic rings. The van der Waals surface area contributed by atoms with Crippen LogP contribution in [0.2, 0.25) is 0 Å². The fourth-order valence-corrected chi connectivity index (χ4v) is 3.81. The van der Waals surface area contributed by atoms with Gasteiger partial charge in [0, 0.05) is 23.0 Å². The Hall–Kier alpha value is -2.98. The van der Waals surface area contributed by atoms with Gasteiger partial charge in [0.15, 0.2) is 5.60 Å². The minimum atomic E-state index is -4.84. The van der Waals surface area contributed by atoms with Gasteiger partial charge >= 0.3 is 6.18 Å². The minimum absolute atomic E-state index is 0.251. The van der Waals surface area contributed by atoms with Crippen LogP contribution in [0.1, 0.15) is 37.1 Å². The molecule has 7 heteroatoms. The molecule has 1 heterocycles. The second-order valence-electron chi connectivity index (χ2n) is 8.21. The lowest BCUT2D eigenvalue weighted by atomic mass is 9.73. The summed E-state index contributed by atoms with van der Waals surface area (Å²) >= 11 is 0. The maximum atomic E-state index is 14.0. The third kappa shape index (κ3) is 4.29. The number of methoxy groups -OCH3 is 1. The van der Waals surface area contributed by atoms with Crippen molar-refractivity contribution in [2.75, 3.05) is 7.11 Å². The molecule has 0 radical (unpaired) electrons. The molecule has 1 atom stereocenters. The molecule has 3 rings (SSSR count). The number of alkyl halides is 3. The zero-order valence-corrected chi connectivity index (χ0v) is 17.0. The van der Waals surface area contributed by atoms with Crippen molar-refractivity contribution >= 4 is 10.9 Å². The number of benzene rings is 2. The number of hydrogen-bond donors (Lipinski definition) is 2. The third-order valence-electron chi connectivity index (χ3n) is 5.40. The number of aromatic nitrogens is 1. The SMILES string of the molecule is COc1cccc(C(C)(C)CC(O)(Cc2cc3cc(C#N)ccc3[nH]2)C(F)(F)F)c1. The van der Waals surface area contributed by atoms with E-state index in [2.05, 4.69) is 4.98 Å². The number of fused-ring (bicyclic) bond motifs is 1. The highest BCUT2D eigenvalue weighted by Gasteiger charge is 2.56. The Kier molecular flexibility index (Phi) is 5.57. The summed E-state index contributed by atoms with van der Waals surface area (Å²) in [6.45, 7) is 3.34. The molecule has 0 spiro atoms. The van der Waals surface area contributed by atoms with Crippen LogP contribution in [0, 0.1) is 11.3 Å². The van der Waals surface area contributed by atoms with E-state index in [1.54, 1.807) is 62.4 Å². The van der Waals surface area contributed by atoms with E-state index >= 15 is 0 Å². The summed E-state index contributed by atoms with van der Waals surface area (Å²) in [5.74, 6) is 0.542. The van der Waals surface area contributed by atoms with Crippen LogP contribution in [0.5, 0.6) is 5.75 Å². The number of H-pyrrole nitrogens is 1. The van der Waals surface area contributed by atoms with Crippen LogP contribution in [0.4, 0.5) is 13.2 Å². The predicted molar refractivity (Wildman–Crippen MR) is 108 cm³/mol. The van der Waals surface area contributed by atoms with E-state index in [1.165, 1.54) is 7.11 Å². The molecule has 158 valence electrons. The van der Waals surface area contributed by atoms with Crippen molar-refractivity contribution in [1.29, 1.82) is 5.26 Å². The fourth-order valence-electron chi connectivity index (χ4n) is 3.81. The van der Waals surface area contributed by atoms with Crippen LogP contribution >= 0.6 is 0 Å². The second-order valence-corrected chi connectivity index (χ2v) is 8.21. The van der Waals surface area contributed by atoms with Gasteiger partial charge in [-0.25, -0.2) is 0 Å². The summed E-state index contributed by atoms with van der Waals surface area (Å²) in [4.78, 5) is 2.93. The van der Waals surface area contributed by atoms with Gasteiger partial charge in [-0.05, 0) is 53.8 Å². The number of nitriles is 1. The molecule has 1 aromatic heterocycles. The van der Waals surface area contributed by atoms with E-state index < -0.39 is 30.0 Å². The maximum absolute atomic E-state index is 14.0. The minimum Gasteiger partial charge on any atom is -0.497 e. The van der Waals surface area contributed by atoms with Crippen molar-refractivity contribution in [3.05, 3.63) is 65.4 Å². The molecule has 2 N–H and O–H groups in total. The van der Waals surface area contributed by atoms with Crippen LogP contribution < -0.4 is 4.74 Å². The number of nitrogens with one attached hydrogen (secondary N) is 1. The van der Waals surface area contributed by atoms with E-state index in [-0.39, 0.29) is 5.69 Å². The molecular weight excluding hydrogens is 393 g/mol. The van der Waals surface area contributed by atoms with E-state index in [0.717, 1.165) is 0 Å². The van der Waals surface area contributed by atoms with Crippen molar-refractivity contribution in [3.8, 4) is 11.8 Å². The summed E-state index contributed by atoms with van der Waals surface area (Å²) < 4.78 is 47.3. The molecule has 0 saturated carbocycles. The van der Waals surface area contributed by atoms with Crippen molar-refractivity contribution in [3.63, 3.8) is 0 Å². The lowest BCUT2D eigenvalue weighted by molar-refractivity contribution is -0.266. The molecule has 1 unspecified atom stereocenters. The van der Waals surface area contributed by atoms with Gasteiger partial charge in [0.25, 0.3) is 0 Å². The Morgan fingerprint density at radius 3 is 2.47 bits per heavy atom. The van der Waals surface area contributed by atoms with E-state index in [0.29, 0.717) is 27.8 Å². The highest BCUT2D eigenvalue weighted by atomic mass is 19.4. The first-order valence-corrected chi connectivity index (χ1v) is 9.43. The summed E-state index contributed by atoms with van der Waals surface area (Å²) in [5.41, 5.74) is -2.00. The van der Waals surface area contributed by atoms with Crippen LogP contribution in [-0.2, 0) is 11.8 Å². The molecular formula is C23H23F3N2O2. The molecule has 4 nitrogen and oxygen atoms in total. The normalized spacial score (nSPS) is 14.3. The lowest BCUT2D eigenvalue weighted by Gasteiger charge is -2.38.